The van der Waals surface area contributed by atoms with E-state index in [0.717, 1.165) is 0 Å². The fraction of sp³-hybridized carbons (Fsp3) is 0.222. The van der Waals surface area contributed by atoms with Crippen LogP contribution < -0.4 is 15.2 Å². The Balaban J connectivity index is 2.51. The number of benzene rings is 1. The number of halogens is 1. The lowest BCUT2D eigenvalue weighted by Crippen LogP contribution is -2.17. The molecule has 0 atom stereocenters. The van der Waals surface area contributed by atoms with Gasteiger partial charge in [-0.3, -0.25) is 5.41 Å². The van der Waals surface area contributed by atoms with Gasteiger partial charge in [0, 0.05) is 5.56 Å². The summed E-state index contributed by atoms with van der Waals surface area (Å²) >= 11 is 5.93. The maximum absolute atomic E-state index is 7.27. The van der Waals surface area contributed by atoms with Crippen LogP contribution in [0.3, 0.4) is 0 Å². The van der Waals surface area contributed by atoms with Crippen molar-refractivity contribution in [3.63, 3.8) is 0 Å². The molecule has 0 radical (unpaired) electrons. The summed E-state index contributed by atoms with van der Waals surface area (Å²) in [6, 6.07) is 3.25. The zero-order valence-corrected chi connectivity index (χ0v) is 8.10. The molecule has 3 N–H and O–H groups in total. The predicted molar refractivity (Wildman–Crippen MR) is 53.5 cm³/mol. The maximum Gasteiger partial charge on any atom is 0.179 e. The number of hydrogen-bond donors (Lipinski definition) is 2. The number of nitrogen functional groups attached to an aromatic ring is 1. The zero-order chi connectivity index (χ0) is 10.1. The second-order valence-corrected chi connectivity index (χ2v) is 3.30. The van der Waals surface area contributed by atoms with Crippen molar-refractivity contribution in [1.29, 1.82) is 5.41 Å². The minimum atomic E-state index is -0.0381. The Morgan fingerprint density at radius 1 is 1.36 bits per heavy atom. The van der Waals surface area contributed by atoms with E-state index in [1.165, 1.54) is 0 Å². The van der Waals surface area contributed by atoms with Gasteiger partial charge in [0.25, 0.3) is 0 Å². The lowest BCUT2D eigenvalue weighted by Gasteiger charge is -2.19. The van der Waals surface area contributed by atoms with Crippen LogP contribution in [0, 0.1) is 5.41 Å². The van der Waals surface area contributed by atoms with E-state index in [-0.39, 0.29) is 5.84 Å². The first kappa shape index (κ1) is 9.15. The number of rotatable bonds is 1. The van der Waals surface area contributed by atoms with E-state index >= 15 is 0 Å². The van der Waals surface area contributed by atoms with Gasteiger partial charge in [0.05, 0.1) is 5.02 Å². The van der Waals surface area contributed by atoms with Crippen LogP contribution in [0.1, 0.15) is 5.56 Å². The van der Waals surface area contributed by atoms with Crippen molar-refractivity contribution in [3.05, 3.63) is 22.7 Å². The highest BCUT2D eigenvalue weighted by Gasteiger charge is 2.17. The molecular formula is C9H9ClN2O2. The summed E-state index contributed by atoms with van der Waals surface area (Å²) in [5, 5.41) is 7.70. The van der Waals surface area contributed by atoms with Gasteiger partial charge in [0.15, 0.2) is 11.5 Å². The smallest absolute Gasteiger partial charge is 0.179 e. The molecule has 0 fully saturated rings. The molecule has 5 heteroatoms. The van der Waals surface area contributed by atoms with Gasteiger partial charge >= 0.3 is 0 Å². The largest absolute Gasteiger partial charge is 0.486 e. The van der Waals surface area contributed by atoms with Crippen molar-refractivity contribution in [1.82, 2.24) is 0 Å². The number of amidine groups is 1. The highest BCUT2D eigenvalue weighted by molar-refractivity contribution is 6.32. The Kier molecular flexibility index (Phi) is 2.21. The number of fused-ring (bicyclic) bond motifs is 1. The molecule has 0 unspecified atom stereocenters. The first-order valence-electron chi connectivity index (χ1n) is 4.12. The lowest BCUT2D eigenvalue weighted by molar-refractivity contribution is 0.171. The number of hydrogen-bond acceptors (Lipinski definition) is 3. The van der Waals surface area contributed by atoms with Gasteiger partial charge < -0.3 is 15.2 Å². The van der Waals surface area contributed by atoms with E-state index in [4.69, 9.17) is 32.2 Å². The average Bonchev–Trinajstić information content (AvgIpc) is 2.17. The Morgan fingerprint density at radius 2 is 2.07 bits per heavy atom. The van der Waals surface area contributed by atoms with Crippen molar-refractivity contribution in [2.75, 3.05) is 13.2 Å². The van der Waals surface area contributed by atoms with E-state index in [0.29, 0.717) is 35.3 Å². The van der Waals surface area contributed by atoms with E-state index < -0.39 is 0 Å². The van der Waals surface area contributed by atoms with Gasteiger partial charge in [0.1, 0.15) is 19.0 Å². The monoisotopic (exact) mass is 212 g/mol. The number of nitrogens with two attached hydrogens (primary N) is 1. The minimum absolute atomic E-state index is 0.0381. The van der Waals surface area contributed by atoms with Crippen molar-refractivity contribution in [2.45, 2.75) is 0 Å². The van der Waals surface area contributed by atoms with Gasteiger partial charge in [-0.2, -0.15) is 0 Å². The Morgan fingerprint density at radius 3 is 2.79 bits per heavy atom. The average molecular weight is 213 g/mol. The van der Waals surface area contributed by atoms with Crippen LogP contribution in [0.2, 0.25) is 5.02 Å². The van der Waals surface area contributed by atoms with Gasteiger partial charge in [-0.25, -0.2) is 0 Å². The molecule has 1 aliphatic rings. The molecule has 0 spiro atoms. The van der Waals surface area contributed by atoms with E-state index in [9.17, 15) is 0 Å². The molecule has 1 aromatic rings. The van der Waals surface area contributed by atoms with Crippen LogP contribution in [0.4, 0.5) is 0 Å². The summed E-state index contributed by atoms with van der Waals surface area (Å²) in [4.78, 5) is 0. The highest BCUT2D eigenvalue weighted by atomic mass is 35.5. The van der Waals surface area contributed by atoms with E-state index in [1.807, 2.05) is 0 Å². The first-order chi connectivity index (χ1) is 6.68. The standard InChI is InChI=1S/C9H9ClN2O2/c10-6-3-5(9(11)12)4-7-8(6)14-2-1-13-7/h3-4H,1-2H2,(H3,11,12). The van der Waals surface area contributed by atoms with Crippen molar-refractivity contribution >= 4 is 17.4 Å². The second kappa shape index (κ2) is 3.38. The molecule has 14 heavy (non-hydrogen) atoms. The summed E-state index contributed by atoms with van der Waals surface area (Å²) < 4.78 is 10.7. The maximum atomic E-state index is 7.27. The molecule has 2 rings (SSSR count). The molecule has 1 aromatic carbocycles. The molecular weight excluding hydrogens is 204 g/mol. The van der Waals surface area contributed by atoms with Crippen molar-refractivity contribution in [3.8, 4) is 11.5 Å². The lowest BCUT2D eigenvalue weighted by atomic mass is 10.2. The van der Waals surface area contributed by atoms with Gasteiger partial charge in [-0.15, -0.1) is 0 Å². The molecule has 1 aliphatic heterocycles. The summed E-state index contributed by atoms with van der Waals surface area (Å²) in [7, 11) is 0. The Bertz CT molecular complexity index is 393. The van der Waals surface area contributed by atoms with Crippen LogP contribution in [0.25, 0.3) is 0 Å². The minimum Gasteiger partial charge on any atom is -0.486 e. The van der Waals surface area contributed by atoms with Crippen LogP contribution in [0.15, 0.2) is 12.1 Å². The quantitative estimate of drug-likeness (QED) is 0.546. The number of ether oxygens (including phenoxy) is 2. The van der Waals surface area contributed by atoms with Crippen LogP contribution >= 0.6 is 11.6 Å². The van der Waals surface area contributed by atoms with Gasteiger partial charge in [-0.1, -0.05) is 11.6 Å². The normalized spacial score (nSPS) is 13.8. The summed E-state index contributed by atoms with van der Waals surface area (Å²) in [6.45, 7) is 0.983. The van der Waals surface area contributed by atoms with Gasteiger partial charge in [0.2, 0.25) is 0 Å². The third kappa shape index (κ3) is 1.48. The Hall–Kier alpha value is -1.42. The summed E-state index contributed by atoms with van der Waals surface area (Å²) in [5.74, 6) is 1.04. The summed E-state index contributed by atoms with van der Waals surface area (Å²) in [5.41, 5.74) is 5.89. The van der Waals surface area contributed by atoms with Crippen molar-refractivity contribution < 1.29 is 9.47 Å². The highest BCUT2D eigenvalue weighted by Crippen LogP contribution is 2.38. The SMILES string of the molecule is N=C(N)c1cc(Cl)c2c(c1)OCCO2. The van der Waals surface area contributed by atoms with E-state index in [1.54, 1.807) is 12.1 Å². The van der Waals surface area contributed by atoms with Crippen molar-refractivity contribution in [2.24, 2.45) is 5.73 Å². The third-order valence-electron chi connectivity index (χ3n) is 1.91. The first-order valence-corrected chi connectivity index (χ1v) is 4.50. The predicted octanol–water partition coefficient (Wildman–Crippen LogP) is 1.40. The summed E-state index contributed by atoms with van der Waals surface area (Å²) in [6.07, 6.45) is 0. The molecule has 1 heterocycles. The molecule has 4 nitrogen and oxygen atoms in total. The van der Waals surface area contributed by atoms with E-state index in [2.05, 4.69) is 0 Å². The zero-order valence-electron chi connectivity index (χ0n) is 7.34. The topological polar surface area (TPSA) is 68.3 Å². The molecule has 0 saturated heterocycles. The van der Waals surface area contributed by atoms with Gasteiger partial charge in [-0.05, 0) is 12.1 Å². The molecule has 0 aliphatic carbocycles. The Labute approximate surface area is 86.1 Å². The molecule has 0 bridgehead atoms. The second-order valence-electron chi connectivity index (χ2n) is 2.90. The molecule has 0 amide bonds. The fourth-order valence-corrected chi connectivity index (χ4v) is 1.53. The molecule has 0 aromatic heterocycles. The molecule has 74 valence electrons. The van der Waals surface area contributed by atoms with Crippen LogP contribution in [-0.4, -0.2) is 19.0 Å². The third-order valence-corrected chi connectivity index (χ3v) is 2.19. The number of nitrogens with one attached hydrogen (secondary N) is 1. The van der Waals surface area contributed by atoms with Crippen LogP contribution in [-0.2, 0) is 0 Å². The van der Waals surface area contributed by atoms with Crippen LogP contribution in [0.5, 0.6) is 11.5 Å². The fourth-order valence-electron chi connectivity index (χ4n) is 1.27. The molecule has 0 saturated carbocycles.